The number of rotatable bonds is 5. The first-order valence-electron chi connectivity index (χ1n) is 6.85. The first-order valence-corrected chi connectivity index (χ1v) is 8.29. The van der Waals surface area contributed by atoms with Crippen LogP contribution in [0.4, 0.5) is 8.78 Å². The molecular formula is C13H16F2O6S. The van der Waals surface area contributed by atoms with Gasteiger partial charge in [-0.25, -0.2) is 4.79 Å². The van der Waals surface area contributed by atoms with E-state index < -0.39 is 32.1 Å². The third kappa shape index (κ3) is 2.03. The minimum Gasteiger partial charge on any atom is -0.481 e. The molecule has 9 heteroatoms. The van der Waals surface area contributed by atoms with E-state index in [4.69, 9.17) is 9.29 Å². The summed E-state index contributed by atoms with van der Waals surface area (Å²) in [5.41, 5.74) is -1.45. The van der Waals surface area contributed by atoms with Crippen molar-refractivity contribution in [2.75, 3.05) is 6.61 Å². The molecule has 2 N–H and O–H groups in total. The maximum absolute atomic E-state index is 13.4. The topological polar surface area (TPSA) is 101 Å². The fraction of sp³-hybridized carbons (Fsp3) is 0.846. The smallest absolute Gasteiger partial charge is 0.436 e. The summed E-state index contributed by atoms with van der Waals surface area (Å²) >= 11 is 0. The van der Waals surface area contributed by atoms with Crippen LogP contribution in [0.5, 0.6) is 0 Å². The molecule has 0 aromatic rings. The van der Waals surface area contributed by atoms with Crippen LogP contribution < -0.4 is 0 Å². The molecule has 4 atom stereocenters. The maximum Gasteiger partial charge on any atom is 0.436 e. The largest absolute Gasteiger partial charge is 0.481 e. The Balaban J connectivity index is 1.71. The Morgan fingerprint density at radius 2 is 2.05 bits per heavy atom. The van der Waals surface area contributed by atoms with Crippen molar-refractivity contribution in [1.82, 2.24) is 0 Å². The molecule has 1 spiro atoms. The highest BCUT2D eigenvalue weighted by molar-refractivity contribution is 7.87. The molecule has 3 aliphatic carbocycles. The predicted octanol–water partition coefficient (Wildman–Crippen LogP) is 1.14. The van der Waals surface area contributed by atoms with Crippen LogP contribution in [0.25, 0.3) is 0 Å². The van der Waals surface area contributed by atoms with E-state index in [0.29, 0.717) is 25.2 Å². The monoisotopic (exact) mass is 338 g/mol. The van der Waals surface area contributed by atoms with Crippen molar-refractivity contribution in [3.8, 4) is 0 Å². The summed E-state index contributed by atoms with van der Waals surface area (Å²) < 4.78 is 61.3. The number of aliphatic hydroxyl groups is 1. The van der Waals surface area contributed by atoms with Gasteiger partial charge in [-0.05, 0) is 31.6 Å². The van der Waals surface area contributed by atoms with Crippen molar-refractivity contribution < 1.29 is 36.4 Å². The van der Waals surface area contributed by atoms with E-state index in [1.807, 2.05) is 0 Å². The number of alkyl halides is 2. The first-order chi connectivity index (χ1) is 9.89. The molecule has 3 aliphatic rings. The molecule has 3 saturated carbocycles. The van der Waals surface area contributed by atoms with Gasteiger partial charge in [-0.3, -0.25) is 4.55 Å². The van der Waals surface area contributed by atoms with Gasteiger partial charge in [0.15, 0.2) is 5.94 Å². The lowest BCUT2D eigenvalue weighted by Crippen LogP contribution is -2.38. The summed E-state index contributed by atoms with van der Waals surface area (Å²) in [4.78, 5) is 10.6. The Morgan fingerprint density at radius 1 is 1.41 bits per heavy atom. The Labute approximate surface area is 125 Å². The van der Waals surface area contributed by atoms with E-state index in [9.17, 15) is 27.1 Å². The van der Waals surface area contributed by atoms with E-state index in [-0.39, 0.29) is 12.0 Å². The third-order valence-corrected chi connectivity index (χ3v) is 6.18. The lowest BCUT2D eigenvalue weighted by Gasteiger charge is -2.35. The van der Waals surface area contributed by atoms with E-state index >= 15 is 0 Å². The zero-order valence-corrected chi connectivity index (χ0v) is 12.6. The van der Waals surface area contributed by atoms with E-state index in [1.54, 1.807) is 6.92 Å². The van der Waals surface area contributed by atoms with Gasteiger partial charge in [0, 0.05) is 10.8 Å². The fourth-order valence-corrected chi connectivity index (χ4v) is 4.51. The minimum atomic E-state index is -5.81. The molecule has 0 bridgehead atoms. The molecular weight excluding hydrogens is 322 g/mol. The second kappa shape index (κ2) is 4.08. The molecule has 0 aromatic heterocycles. The van der Waals surface area contributed by atoms with Crippen LogP contribution >= 0.6 is 0 Å². The second-order valence-corrected chi connectivity index (χ2v) is 8.63. The molecule has 4 unspecified atom stereocenters. The lowest BCUT2D eigenvalue weighted by atomic mass is 9.75. The molecule has 3 rings (SSSR count). The average molecular weight is 338 g/mol. The van der Waals surface area contributed by atoms with Crippen LogP contribution in [-0.4, -0.2) is 41.5 Å². The van der Waals surface area contributed by atoms with Crippen molar-refractivity contribution in [3.63, 3.8) is 0 Å². The van der Waals surface area contributed by atoms with Crippen molar-refractivity contribution in [2.24, 2.45) is 16.7 Å². The number of hydrogen-bond acceptors (Lipinski definition) is 5. The number of halogens is 2. The zero-order valence-electron chi connectivity index (χ0n) is 11.8. The minimum absolute atomic E-state index is 0.00574. The van der Waals surface area contributed by atoms with E-state index in [1.165, 1.54) is 0 Å². The highest BCUT2D eigenvalue weighted by Gasteiger charge is 2.82. The quantitative estimate of drug-likeness (QED) is 0.443. The highest BCUT2D eigenvalue weighted by Crippen LogP contribution is 2.83. The molecule has 6 nitrogen and oxygen atoms in total. The summed E-state index contributed by atoms with van der Waals surface area (Å²) in [6, 6.07) is 0. The van der Waals surface area contributed by atoms with Gasteiger partial charge in [0.2, 0.25) is 0 Å². The molecule has 124 valence electrons. The predicted molar refractivity (Wildman–Crippen MR) is 69.1 cm³/mol. The summed E-state index contributed by atoms with van der Waals surface area (Å²) in [5, 5.41) is 5.54. The Hall–Kier alpha value is -1.02. The molecule has 0 saturated heterocycles. The lowest BCUT2D eigenvalue weighted by molar-refractivity contribution is -0.0285. The Morgan fingerprint density at radius 3 is 2.55 bits per heavy atom. The number of ether oxygens (including phenoxy) is 1. The van der Waals surface area contributed by atoms with Crippen LogP contribution in [0.15, 0.2) is 5.76 Å². The highest BCUT2D eigenvalue weighted by atomic mass is 32.2. The number of carbonyl (C=O) groups excluding carboxylic acids is 1. The van der Waals surface area contributed by atoms with Gasteiger partial charge >= 0.3 is 15.4 Å². The number of hydrogen-bond donors (Lipinski definition) is 2. The summed E-state index contributed by atoms with van der Waals surface area (Å²) in [6.45, 7) is 1.39. The summed E-state index contributed by atoms with van der Waals surface area (Å²) in [5.74, 6) is -0.697. The molecule has 0 aliphatic heterocycles. The Bertz CT molecular complexity index is 685. The molecule has 0 aromatic carbocycles. The van der Waals surface area contributed by atoms with Gasteiger partial charge in [0.1, 0.15) is 0 Å². The first kappa shape index (κ1) is 15.9. The summed E-state index contributed by atoms with van der Waals surface area (Å²) in [6.07, 6.45) is 2.59. The normalized spacial score (nSPS) is 42.7. The van der Waals surface area contributed by atoms with Gasteiger partial charge in [0.25, 0.3) is 5.76 Å². The van der Waals surface area contributed by atoms with Crippen LogP contribution in [-0.2, 0) is 19.6 Å². The van der Waals surface area contributed by atoms with Crippen LogP contribution in [0.1, 0.15) is 32.6 Å². The van der Waals surface area contributed by atoms with Gasteiger partial charge < -0.3 is 9.84 Å². The molecule has 3 fully saturated rings. The van der Waals surface area contributed by atoms with Crippen LogP contribution in [0, 0.1) is 16.7 Å². The van der Waals surface area contributed by atoms with Crippen LogP contribution in [0.2, 0.25) is 0 Å². The second-order valence-electron chi connectivity index (χ2n) is 7.17. The molecule has 22 heavy (non-hydrogen) atoms. The fourth-order valence-electron chi connectivity index (χ4n) is 4.17. The van der Waals surface area contributed by atoms with E-state index in [0.717, 1.165) is 12.4 Å². The van der Waals surface area contributed by atoms with Gasteiger partial charge in [-0.2, -0.15) is 17.2 Å². The van der Waals surface area contributed by atoms with Crippen molar-refractivity contribution in [2.45, 2.75) is 43.5 Å². The SMILES string of the molecule is CC1(COC(=C=O)C(F)(F)S(=O)(=O)O)CC2CC23CC3(O)C1. The van der Waals surface area contributed by atoms with Crippen molar-refractivity contribution in [1.29, 1.82) is 0 Å². The van der Waals surface area contributed by atoms with Crippen LogP contribution in [0.3, 0.4) is 0 Å². The molecule has 0 heterocycles. The standard InChI is InChI=1S/C13H16F2O6S/c1-10(2-8-3-11(8)6-12(11,17)5-10)7-21-9(4-16)13(14,15)22(18,19)20/h8,17H,2-3,5-7H2,1H3,(H,18,19,20). The molecule has 0 amide bonds. The van der Waals surface area contributed by atoms with Gasteiger partial charge in [-0.15, -0.1) is 0 Å². The summed E-state index contributed by atoms with van der Waals surface area (Å²) in [7, 11) is -5.81. The molecule has 0 radical (unpaired) electrons. The van der Waals surface area contributed by atoms with Gasteiger partial charge in [-0.1, -0.05) is 6.92 Å². The third-order valence-electron chi connectivity index (χ3n) is 5.35. The maximum atomic E-state index is 13.4. The zero-order chi connectivity index (χ0) is 16.6. The van der Waals surface area contributed by atoms with E-state index in [2.05, 4.69) is 0 Å². The van der Waals surface area contributed by atoms with Crippen molar-refractivity contribution in [3.05, 3.63) is 5.76 Å². The Kier molecular flexibility index (Phi) is 2.94. The average Bonchev–Trinajstić information content (AvgIpc) is 3.15. The van der Waals surface area contributed by atoms with Gasteiger partial charge in [0.05, 0.1) is 12.2 Å². The van der Waals surface area contributed by atoms with Crippen molar-refractivity contribution >= 4 is 16.1 Å².